The third-order valence-corrected chi connectivity index (χ3v) is 7.65. The van der Waals surface area contributed by atoms with E-state index in [9.17, 15) is 39.5 Å². The van der Waals surface area contributed by atoms with Crippen molar-refractivity contribution in [1.29, 1.82) is 0 Å². The van der Waals surface area contributed by atoms with Crippen LogP contribution < -0.4 is 0 Å². The van der Waals surface area contributed by atoms with Gasteiger partial charge in [0.15, 0.2) is 0 Å². The number of hydrogen-bond donors (Lipinski definition) is 0. The molecule has 0 amide bonds. The largest absolute Gasteiger partial charge is 0.416 e. The molecule has 2 nitrogen and oxygen atoms in total. The quantitative estimate of drug-likeness (QED) is 0.285. The molecule has 5 rings (SSSR count). The first-order valence-electron chi connectivity index (χ1n) is 11.5. The molecular formula is C27H17ClF9NO. The Morgan fingerprint density at radius 1 is 0.692 bits per heavy atom. The highest BCUT2D eigenvalue weighted by Gasteiger charge is 2.57. The van der Waals surface area contributed by atoms with Crippen LogP contribution in [0.5, 0.6) is 0 Å². The van der Waals surface area contributed by atoms with Crippen LogP contribution >= 0.6 is 11.6 Å². The Kier molecular flexibility index (Phi) is 6.44. The van der Waals surface area contributed by atoms with Crippen LogP contribution in [0.25, 0.3) is 0 Å². The van der Waals surface area contributed by atoms with Gasteiger partial charge in [0.2, 0.25) is 0 Å². The van der Waals surface area contributed by atoms with E-state index in [2.05, 4.69) is 5.16 Å². The van der Waals surface area contributed by atoms with Gasteiger partial charge >= 0.3 is 18.5 Å². The first kappa shape index (κ1) is 27.4. The van der Waals surface area contributed by atoms with Gasteiger partial charge in [-0.25, -0.2) is 0 Å². The van der Waals surface area contributed by atoms with Crippen LogP contribution in [0.4, 0.5) is 39.5 Å². The molecule has 0 N–H and O–H groups in total. The van der Waals surface area contributed by atoms with Crippen molar-refractivity contribution in [3.8, 4) is 0 Å². The van der Waals surface area contributed by atoms with Gasteiger partial charge in [-0.3, -0.25) is 0 Å². The minimum absolute atomic E-state index is 0.0157. The highest BCUT2D eigenvalue weighted by atomic mass is 35.5. The molecule has 206 valence electrons. The van der Waals surface area contributed by atoms with E-state index >= 15 is 0 Å². The summed E-state index contributed by atoms with van der Waals surface area (Å²) in [6.45, 7) is 0.0471. The summed E-state index contributed by atoms with van der Waals surface area (Å²) in [4.78, 5) is 5.22. The summed E-state index contributed by atoms with van der Waals surface area (Å²) in [5.74, 6) is -1.54. The first-order chi connectivity index (χ1) is 18.1. The number of nitrogens with zero attached hydrogens (tertiary/aromatic N) is 1. The Balaban J connectivity index is 1.79. The molecule has 0 aromatic heterocycles. The van der Waals surface area contributed by atoms with Crippen molar-refractivity contribution in [2.45, 2.75) is 36.3 Å². The van der Waals surface area contributed by atoms with E-state index in [4.69, 9.17) is 16.4 Å². The highest BCUT2D eigenvalue weighted by molar-refractivity contribution is 6.31. The number of hydrogen-bond acceptors (Lipinski definition) is 2. The van der Waals surface area contributed by atoms with Gasteiger partial charge in [-0.05, 0) is 65.6 Å². The molecule has 0 bridgehead atoms. The third kappa shape index (κ3) is 4.74. The van der Waals surface area contributed by atoms with Gasteiger partial charge in [0.25, 0.3) is 0 Å². The summed E-state index contributed by atoms with van der Waals surface area (Å²) in [6, 6.07) is 10.8. The van der Waals surface area contributed by atoms with Gasteiger partial charge < -0.3 is 4.84 Å². The lowest BCUT2D eigenvalue weighted by Crippen LogP contribution is -2.34. The standard InChI is InChI=1S/C27H17ClF9NO/c28-21-10-9-19(27(35,36)37)11-20(21)22-23-14(13-39-38-23)12-24(22,15-1-5-17(6-2-15)25(29,30)31)16-3-7-18(8-4-16)26(32,33)34/h1-11,14,22H,12-13H2. The molecule has 1 aliphatic carbocycles. The molecule has 2 unspecified atom stereocenters. The summed E-state index contributed by atoms with van der Waals surface area (Å²) >= 11 is 6.43. The fourth-order valence-corrected chi connectivity index (χ4v) is 5.81. The predicted octanol–water partition coefficient (Wildman–Crippen LogP) is 8.87. The molecule has 2 aliphatic rings. The fourth-order valence-electron chi connectivity index (χ4n) is 5.59. The SMILES string of the molecule is FC(F)(F)c1ccc(C2(c3ccc(C(F)(F)F)cc3)CC3CON=C3C2c2cc(C(F)(F)F)ccc2Cl)cc1. The van der Waals surface area contributed by atoms with Crippen LogP contribution in [0, 0.1) is 5.92 Å². The van der Waals surface area contributed by atoms with Crippen molar-refractivity contribution in [3.63, 3.8) is 0 Å². The zero-order valence-corrected chi connectivity index (χ0v) is 20.3. The molecule has 2 atom stereocenters. The predicted molar refractivity (Wildman–Crippen MR) is 124 cm³/mol. The normalized spacial score (nSPS) is 20.9. The lowest BCUT2D eigenvalue weighted by Gasteiger charge is -2.38. The minimum atomic E-state index is -4.74. The molecular weight excluding hydrogens is 561 g/mol. The summed E-state index contributed by atoms with van der Waals surface area (Å²) < 4.78 is 121. The van der Waals surface area contributed by atoms with Crippen LogP contribution in [0.15, 0.2) is 71.9 Å². The van der Waals surface area contributed by atoms with Crippen LogP contribution in [0.2, 0.25) is 5.02 Å². The van der Waals surface area contributed by atoms with Gasteiger partial charge in [0.05, 0.1) is 22.4 Å². The third-order valence-electron chi connectivity index (χ3n) is 7.31. The second-order valence-corrected chi connectivity index (χ2v) is 9.91. The lowest BCUT2D eigenvalue weighted by atomic mass is 9.64. The Hall–Kier alpha value is -3.21. The smallest absolute Gasteiger partial charge is 0.395 e. The number of fused-ring (bicyclic) bond motifs is 1. The van der Waals surface area contributed by atoms with Crippen molar-refractivity contribution in [2.75, 3.05) is 6.61 Å². The van der Waals surface area contributed by atoms with Crippen LogP contribution in [0.1, 0.15) is 45.7 Å². The van der Waals surface area contributed by atoms with Crippen LogP contribution in [-0.2, 0) is 28.8 Å². The van der Waals surface area contributed by atoms with Crippen molar-refractivity contribution in [2.24, 2.45) is 11.1 Å². The lowest BCUT2D eigenvalue weighted by molar-refractivity contribution is -0.138. The van der Waals surface area contributed by atoms with Gasteiger partial charge in [0, 0.05) is 22.3 Å². The summed E-state index contributed by atoms with van der Waals surface area (Å²) in [5.41, 5.74) is -3.53. The second-order valence-electron chi connectivity index (χ2n) is 9.50. The first-order valence-corrected chi connectivity index (χ1v) is 11.9. The van der Waals surface area contributed by atoms with Gasteiger partial charge in [-0.1, -0.05) is 41.0 Å². The van der Waals surface area contributed by atoms with Crippen molar-refractivity contribution >= 4 is 17.3 Å². The van der Waals surface area contributed by atoms with E-state index in [0.717, 1.165) is 42.5 Å². The van der Waals surface area contributed by atoms with Gasteiger partial charge in [-0.2, -0.15) is 39.5 Å². The molecule has 1 heterocycles. The van der Waals surface area contributed by atoms with E-state index < -0.39 is 52.5 Å². The van der Waals surface area contributed by atoms with Gasteiger partial charge in [-0.15, -0.1) is 0 Å². The summed E-state index contributed by atoms with van der Waals surface area (Å²) in [5, 5.41) is 4.00. The number of rotatable bonds is 3. The Bertz CT molecular complexity index is 1350. The molecule has 12 heteroatoms. The second kappa shape index (κ2) is 9.18. The zero-order chi connectivity index (χ0) is 28.4. The maximum atomic E-state index is 13.7. The molecule has 3 aromatic carbocycles. The van der Waals surface area contributed by atoms with E-state index in [1.165, 1.54) is 24.3 Å². The maximum absolute atomic E-state index is 13.7. The fraction of sp³-hybridized carbons (Fsp3) is 0.296. The molecule has 39 heavy (non-hydrogen) atoms. The zero-order valence-electron chi connectivity index (χ0n) is 19.6. The monoisotopic (exact) mass is 577 g/mol. The molecule has 1 fully saturated rings. The highest BCUT2D eigenvalue weighted by Crippen LogP contribution is 2.58. The number of benzene rings is 3. The molecule has 1 aliphatic heterocycles. The van der Waals surface area contributed by atoms with E-state index in [1.54, 1.807) is 0 Å². The summed E-state index contributed by atoms with van der Waals surface area (Å²) in [6.07, 6.45) is -14.0. The Morgan fingerprint density at radius 3 is 1.62 bits per heavy atom. The van der Waals surface area contributed by atoms with E-state index in [0.29, 0.717) is 5.71 Å². The van der Waals surface area contributed by atoms with E-state index in [1.807, 2.05) is 0 Å². The Morgan fingerprint density at radius 2 is 1.15 bits per heavy atom. The molecule has 0 radical (unpaired) electrons. The molecule has 3 aromatic rings. The minimum Gasteiger partial charge on any atom is -0.395 e. The van der Waals surface area contributed by atoms with Gasteiger partial charge in [0.1, 0.15) is 6.61 Å². The number of halogens is 10. The molecule has 0 saturated heterocycles. The average molecular weight is 578 g/mol. The number of alkyl halides is 9. The van der Waals surface area contributed by atoms with Crippen LogP contribution in [-0.4, -0.2) is 12.3 Å². The van der Waals surface area contributed by atoms with E-state index in [-0.39, 0.29) is 34.7 Å². The van der Waals surface area contributed by atoms with Crippen molar-refractivity contribution < 1.29 is 44.4 Å². The van der Waals surface area contributed by atoms with Crippen LogP contribution in [0.3, 0.4) is 0 Å². The molecule has 0 spiro atoms. The molecule has 1 saturated carbocycles. The topological polar surface area (TPSA) is 21.6 Å². The number of oxime groups is 1. The summed E-state index contributed by atoms with van der Waals surface area (Å²) in [7, 11) is 0. The average Bonchev–Trinajstić information content (AvgIpc) is 3.43. The van der Waals surface area contributed by atoms with Crippen molar-refractivity contribution in [3.05, 3.63) is 105 Å². The van der Waals surface area contributed by atoms with Crippen molar-refractivity contribution in [1.82, 2.24) is 0 Å². The maximum Gasteiger partial charge on any atom is 0.416 e. The Labute approximate surface area is 221 Å².